The Balaban J connectivity index is 1.54. The van der Waals surface area contributed by atoms with Crippen LogP contribution in [0.2, 0.25) is 0 Å². The highest BCUT2D eigenvalue weighted by atomic mass is 32.2. The molecule has 0 bridgehead atoms. The predicted molar refractivity (Wildman–Crippen MR) is 98.4 cm³/mol. The second kappa shape index (κ2) is 8.47. The lowest BCUT2D eigenvalue weighted by Crippen LogP contribution is -2.41. The SMILES string of the molecule is O=C(NC1CCC1)c1cccc(S(=O)(=O)NCCN2CCC(O)CC2)c1. The molecule has 7 nitrogen and oxygen atoms in total. The van der Waals surface area contributed by atoms with Gasteiger partial charge < -0.3 is 15.3 Å². The van der Waals surface area contributed by atoms with Crippen LogP contribution in [0.5, 0.6) is 0 Å². The number of carbonyl (C=O) groups excluding carboxylic acids is 1. The Morgan fingerprint density at radius 2 is 1.92 bits per heavy atom. The van der Waals surface area contributed by atoms with E-state index in [9.17, 15) is 18.3 Å². The van der Waals surface area contributed by atoms with Crippen LogP contribution in [-0.4, -0.2) is 62.7 Å². The Kier molecular flexibility index (Phi) is 6.29. The summed E-state index contributed by atoms with van der Waals surface area (Å²) in [6.07, 6.45) is 4.31. The van der Waals surface area contributed by atoms with Crippen LogP contribution in [-0.2, 0) is 10.0 Å². The molecular weight excluding hydrogens is 354 g/mol. The molecule has 0 unspecified atom stereocenters. The molecular formula is C18H27N3O4S. The highest BCUT2D eigenvalue weighted by Crippen LogP contribution is 2.19. The smallest absolute Gasteiger partial charge is 0.251 e. The minimum Gasteiger partial charge on any atom is -0.393 e. The third-order valence-electron chi connectivity index (χ3n) is 5.12. The number of benzene rings is 1. The van der Waals surface area contributed by atoms with Gasteiger partial charge in [0.1, 0.15) is 0 Å². The molecule has 1 aliphatic heterocycles. The second-order valence-electron chi connectivity index (χ2n) is 7.10. The first kappa shape index (κ1) is 19.3. The second-order valence-corrected chi connectivity index (χ2v) is 8.87. The fourth-order valence-corrected chi connectivity index (χ4v) is 4.26. The van der Waals surface area contributed by atoms with E-state index in [1.165, 1.54) is 12.1 Å². The van der Waals surface area contributed by atoms with E-state index in [0.717, 1.165) is 45.2 Å². The van der Waals surface area contributed by atoms with Gasteiger partial charge in [-0.1, -0.05) is 6.07 Å². The maximum Gasteiger partial charge on any atom is 0.251 e. The molecule has 0 radical (unpaired) electrons. The molecule has 26 heavy (non-hydrogen) atoms. The predicted octanol–water partition coefficient (Wildman–Crippen LogP) is 0.704. The number of aliphatic hydroxyl groups excluding tert-OH is 1. The van der Waals surface area contributed by atoms with Gasteiger partial charge in [-0.05, 0) is 50.3 Å². The first-order valence-electron chi connectivity index (χ1n) is 9.25. The molecule has 1 amide bonds. The first-order valence-corrected chi connectivity index (χ1v) is 10.7. The number of aliphatic hydroxyl groups is 1. The molecule has 2 fully saturated rings. The molecule has 0 aromatic heterocycles. The van der Waals surface area contributed by atoms with Gasteiger partial charge in [-0.15, -0.1) is 0 Å². The van der Waals surface area contributed by atoms with Crippen molar-refractivity contribution in [3.63, 3.8) is 0 Å². The average molecular weight is 381 g/mol. The summed E-state index contributed by atoms with van der Waals surface area (Å²) < 4.78 is 27.6. The summed E-state index contributed by atoms with van der Waals surface area (Å²) in [7, 11) is -3.65. The number of sulfonamides is 1. The van der Waals surface area contributed by atoms with Crippen LogP contribution in [0.1, 0.15) is 42.5 Å². The molecule has 1 aliphatic carbocycles. The number of amides is 1. The number of nitrogens with one attached hydrogen (secondary N) is 2. The van der Waals surface area contributed by atoms with E-state index >= 15 is 0 Å². The zero-order valence-corrected chi connectivity index (χ0v) is 15.7. The molecule has 3 N–H and O–H groups in total. The quantitative estimate of drug-likeness (QED) is 0.646. The van der Waals surface area contributed by atoms with Gasteiger partial charge in [-0.3, -0.25) is 4.79 Å². The molecule has 0 spiro atoms. The van der Waals surface area contributed by atoms with Crippen molar-refractivity contribution in [3.8, 4) is 0 Å². The van der Waals surface area contributed by atoms with Gasteiger partial charge in [0.25, 0.3) is 5.91 Å². The van der Waals surface area contributed by atoms with Crippen molar-refractivity contribution in [3.05, 3.63) is 29.8 Å². The van der Waals surface area contributed by atoms with E-state index in [1.807, 2.05) is 0 Å². The maximum absolute atomic E-state index is 12.5. The molecule has 0 atom stereocenters. The zero-order chi connectivity index (χ0) is 18.6. The molecule has 1 aromatic rings. The topological polar surface area (TPSA) is 98.7 Å². The largest absolute Gasteiger partial charge is 0.393 e. The number of hydrogen-bond acceptors (Lipinski definition) is 5. The summed E-state index contributed by atoms with van der Waals surface area (Å²) in [5.74, 6) is -0.223. The average Bonchev–Trinajstić information content (AvgIpc) is 2.60. The Bertz CT molecular complexity index is 726. The number of piperidine rings is 1. The summed E-state index contributed by atoms with van der Waals surface area (Å²) in [5, 5.41) is 12.4. The third kappa shape index (κ3) is 5.03. The van der Waals surface area contributed by atoms with Gasteiger partial charge in [0.05, 0.1) is 11.0 Å². The lowest BCUT2D eigenvalue weighted by molar-refractivity contribution is 0.0836. The van der Waals surface area contributed by atoms with Crippen molar-refractivity contribution in [1.29, 1.82) is 0 Å². The first-order chi connectivity index (χ1) is 12.4. The van der Waals surface area contributed by atoms with Crippen LogP contribution in [0.4, 0.5) is 0 Å². The van der Waals surface area contributed by atoms with Crippen LogP contribution < -0.4 is 10.0 Å². The number of likely N-dealkylation sites (tertiary alicyclic amines) is 1. The summed E-state index contributed by atoms with van der Waals surface area (Å²) in [5.41, 5.74) is 0.366. The number of rotatable bonds is 7. The Morgan fingerprint density at radius 1 is 1.19 bits per heavy atom. The fourth-order valence-electron chi connectivity index (χ4n) is 3.19. The fraction of sp³-hybridized carbons (Fsp3) is 0.611. The van der Waals surface area contributed by atoms with Gasteiger partial charge in [0.2, 0.25) is 10.0 Å². The zero-order valence-electron chi connectivity index (χ0n) is 14.9. The van der Waals surface area contributed by atoms with Crippen molar-refractivity contribution < 1.29 is 18.3 Å². The van der Waals surface area contributed by atoms with Crippen molar-refractivity contribution in [2.24, 2.45) is 0 Å². The van der Waals surface area contributed by atoms with Gasteiger partial charge in [-0.25, -0.2) is 13.1 Å². The highest BCUT2D eigenvalue weighted by Gasteiger charge is 2.22. The molecule has 1 saturated carbocycles. The highest BCUT2D eigenvalue weighted by molar-refractivity contribution is 7.89. The lowest BCUT2D eigenvalue weighted by Gasteiger charge is -2.29. The van der Waals surface area contributed by atoms with Gasteiger partial charge >= 0.3 is 0 Å². The van der Waals surface area contributed by atoms with E-state index < -0.39 is 10.0 Å². The van der Waals surface area contributed by atoms with Gasteiger partial charge in [-0.2, -0.15) is 0 Å². The van der Waals surface area contributed by atoms with Crippen molar-refractivity contribution in [2.45, 2.75) is 49.1 Å². The Hall–Kier alpha value is -1.48. The van der Waals surface area contributed by atoms with Crippen molar-refractivity contribution in [2.75, 3.05) is 26.2 Å². The summed E-state index contributed by atoms with van der Waals surface area (Å²) >= 11 is 0. The van der Waals surface area contributed by atoms with Crippen LogP contribution in [0, 0.1) is 0 Å². The molecule has 1 aromatic carbocycles. The minimum atomic E-state index is -3.65. The van der Waals surface area contributed by atoms with Crippen LogP contribution in [0.15, 0.2) is 29.2 Å². The van der Waals surface area contributed by atoms with E-state index in [1.54, 1.807) is 12.1 Å². The van der Waals surface area contributed by atoms with E-state index in [-0.39, 0.29) is 22.9 Å². The standard InChI is InChI=1S/C18H27N3O4S/c22-16-7-10-21(11-8-16)12-9-19-26(24,25)17-6-1-3-14(13-17)18(23)20-15-4-2-5-15/h1,3,6,13,15-16,19,22H,2,4-5,7-12H2,(H,20,23). The monoisotopic (exact) mass is 381 g/mol. The maximum atomic E-state index is 12.5. The van der Waals surface area contributed by atoms with Crippen LogP contribution in [0.25, 0.3) is 0 Å². The lowest BCUT2D eigenvalue weighted by atomic mass is 9.93. The number of carbonyl (C=O) groups is 1. The molecule has 2 aliphatic rings. The van der Waals surface area contributed by atoms with Crippen molar-refractivity contribution in [1.82, 2.24) is 14.9 Å². The molecule has 144 valence electrons. The number of nitrogens with zero attached hydrogens (tertiary/aromatic N) is 1. The third-order valence-corrected chi connectivity index (χ3v) is 6.58. The van der Waals surface area contributed by atoms with Crippen LogP contribution in [0.3, 0.4) is 0 Å². The van der Waals surface area contributed by atoms with E-state index in [0.29, 0.717) is 18.7 Å². The minimum absolute atomic E-state index is 0.104. The van der Waals surface area contributed by atoms with E-state index in [4.69, 9.17) is 0 Å². The molecule has 1 heterocycles. The van der Waals surface area contributed by atoms with Gasteiger partial charge in [0.15, 0.2) is 0 Å². The summed E-state index contributed by atoms with van der Waals surface area (Å²) in [6, 6.07) is 6.36. The van der Waals surface area contributed by atoms with E-state index in [2.05, 4.69) is 14.9 Å². The molecule has 3 rings (SSSR count). The summed E-state index contributed by atoms with van der Waals surface area (Å²) in [6.45, 7) is 2.46. The van der Waals surface area contributed by atoms with Crippen LogP contribution >= 0.6 is 0 Å². The normalized spacial score (nSPS) is 19.9. The molecule has 1 saturated heterocycles. The van der Waals surface area contributed by atoms with Gasteiger partial charge in [0, 0.05) is 37.8 Å². The Morgan fingerprint density at radius 3 is 2.58 bits per heavy atom. The Labute approximate surface area is 154 Å². The number of hydrogen-bond donors (Lipinski definition) is 3. The molecule has 8 heteroatoms. The van der Waals surface area contributed by atoms with Crippen molar-refractivity contribution >= 4 is 15.9 Å². The summed E-state index contributed by atoms with van der Waals surface area (Å²) in [4.78, 5) is 14.5.